The fourth-order valence-corrected chi connectivity index (χ4v) is 7.10. The molecule has 0 spiro atoms. The van der Waals surface area contributed by atoms with Crippen molar-refractivity contribution in [1.29, 1.82) is 0 Å². The van der Waals surface area contributed by atoms with E-state index in [0.717, 1.165) is 72.0 Å². The molecule has 4 heterocycles. The van der Waals surface area contributed by atoms with E-state index >= 15 is 0 Å². The molecule has 6 nitrogen and oxygen atoms in total. The molecule has 0 aliphatic rings. The molecule has 0 aliphatic carbocycles. The highest BCUT2D eigenvalue weighted by Gasteiger charge is 2.21. The van der Waals surface area contributed by atoms with Crippen LogP contribution in [0.15, 0.2) is 170 Å². The Balaban J connectivity index is 1.24. The second kappa shape index (κ2) is 11.4. The molecule has 0 bridgehead atoms. The molecule has 10 rings (SSSR count). The highest BCUT2D eigenvalue weighted by atomic mass is 15.0. The minimum atomic E-state index is 0.620. The van der Waals surface area contributed by atoms with E-state index < -0.39 is 0 Å². The maximum Gasteiger partial charge on any atom is 0.164 e. The summed E-state index contributed by atoms with van der Waals surface area (Å²) in [7, 11) is 0. The number of hydrogen-bond donors (Lipinski definition) is 0. The molecule has 0 fully saturated rings. The SMILES string of the molecule is c1ccc(-c2nc(-c3ccccc3)nc(-c3ccc(-n4c5ccccc5c5c6nc7ccccn7c6ccc54)c(-c4ccccc4)c3)n2)cc1. The zero-order valence-electron chi connectivity index (χ0n) is 26.8. The molecule has 234 valence electrons. The van der Waals surface area contributed by atoms with Gasteiger partial charge in [-0.2, -0.15) is 0 Å². The van der Waals surface area contributed by atoms with Gasteiger partial charge in [0.25, 0.3) is 0 Å². The van der Waals surface area contributed by atoms with E-state index in [0.29, 0.717) is 17.5 Å². The van der Waals surface area contributed by atoms with Crippen LogP contribution in [-0.4, -0.2) is 28.9 Å². The molecule has 6 heteroatoms. The van der Waals surface area contributed by atoms with Gasteiger partial charge in [0.15, 0.2) is 17.5 Å². The highest BCUT2D eigenvalue weighted by Crippen LogP contribution is 2.40. The molecule has 0 N–H and O–H groups in total. The minimum absolute atomic E-state index is 0.620. The Morgan fingerprint density at radius 1 is 0.400 bits per heavy atom. The molecular formula is C44H28N6. The largest absolute Gasteiger partial charge is 0.309 e. The first-order chi connectivity index (χ1) is 24.8. The second-order valence-corrected chi connectivity index (χ2v) is 12.4. The number of hydrogen-bond acceptors (Lipinski definition) is 4. The van der Waals surface area contributed by atoms with E-state index in [2.05, 4.69) is 106 Å². The van der Waals surface area contributed by atoms with Crippen LogP contribution in [0.5, 0.6) is 0 Å². The number of para-hydroxylation sites is 1. The zero-order chi connectivity index (χ0) is 33.0. The molecule has 0 aliphatic heterocycles. The Morgan fingerprint density at radius 2 is 0.980 bits per heavy atom. The summed E-state index contributed by atoms with van der Waals surface area (Å²) < 4.78 is 4.53. The number of fused-ring (bicyclic) bond motifs is 7. The first kappa shape index (κ1) is 28.1. The third-order valence-electron chi connectivity index (χ3n) is 9.39. The van der Waals surface area contributed by atoms with E-state index in [1.807, 2.05) is 72.8 Å². The van der Waals surface area contributed by atoms with Crippen molar-refractivity contribution in [1.82, 2.24) is 28.9 Å². The molecular weight excluding hydrogens is 613 g/mol. The lowest BCUT2D eigenvalue weighted by molar-refractivity contribution is 1.07. The standard InChI is InChI=1S/C44H28N6/c1-4-14-29(15-5-1)34-28-32(44-47-42(30-16-6-2-7-17-30)46-43(48-44)31-18-8-3-9-19-31)23-24-36(34)50-35-21-11-10-20-33(35)40-37(50)25-26-38-41(40)45-39-22-12-13-27-49(38)39/h1-28H. The molecule has 10 aromatic rings. The van der Waals surface area contributed by atoms with E-state index in [1.54, 1.807) is 0 Å². The van der Waals surface area contributed by atoms with Gasteiger partial charge in [-0.1, -0.05) is 115 Å². The normalized spacial score (nSPS) is 11.6. The van der Waals surface area contributed by atoms with E-state index in [9.17, 15) is 0 Å². The van der Waals surface area contributed by atoms with Crippen LogP contribution in [0.1, 0.15) is 0 Å². The predicted octanol–water partition coefficient (Wildman–Crippen LogP) is 10.4. The maximum atomic E-state index is 5.13. The number of imidazole rings is 1. The van der Waals surface area contributed by atoms with Crippen LogP contribution in [0, 0.1) is 0 Å². The average molecular weight is 641 g/mol. The van der Waals surface area contributed by atoms with Gasteiger partial charge >= 0.3 is 0 Å². The summed E-state index contributed by atoms with van der Waals surface area (Å²) in [6.07, 6.45) is 2.08. The van der Waals surface area contributed by atoms with Crippen LogP contribution in [0.3, 0.4) is 0 Å². The molecule has 50 heavy (non-hydrogen) atoms. The lowest BCUT2D eigenvalue weighted by atomic mass is 10.00. The molecule has 0 saturated carbocycles. The summed E-state index contributed by atoms with van der Waals surface area (Å²) in [6, 6.07) is 56.5. The van der Waals surface area contributed by atoms with E-state index in [4.69, 9.17) is 19.9 Å². The fraction of sp³-hybridized carbons (Fsp3) is 0. The molecule has 0 atom stereocenters. The van der Waals surface area contributed by atoms with Gasteiger partial charge in [-0.05, 0) is 54.1 Å². The van der Waals surface area contributed by atoms with Gasteiger partial charge in [-0.25, -0.2) is 19.9 Å². The van der Waals surface area contributed by atoms with Crippen molar-refractivity contribution in [3.8, 4) is 51.0 Å². The summed E-state index contributed by atoms with van der Waals surface area (Å²) in [4.78, 5) is 20.1. The fourth-order valence-electron chi connectivity index (χ4n) is 7.10. The van der Waals surface area contributed by atoms with Crippen LogP contribution in [0.2, 0.25) is 0 Å². The van der Waals surface area contributed by atoms with Crippen LogP contribution in [-0.2, 0) is 0 Å². The van der Waals surface area contributed by atoms with Crippen LogP contribution < -0.4 is 0 Å². The topological polar surface area (TPSA) is 60.9 Å². The number of rotatable bonds is 5. The number of nitrogens with zero attached hydrogens (tertiary/aromatic N) is 6. The molecule has 0 unspecified atom stereocenters. The van der Waals surface area contributed by atoms with Crippen molar-refractivity contribution in [3.05, 3.63) is 170 Å². The summed E-state index contributed by atoms with van der Waals surface area (Å²) >= 11 is 0. The average Bonchev–Trinajstić information content (AvgIpc) is 3.74. The summed E-state index contributed by atoms with van der Waals surface area (Å²) in [5.74, 6) is 1.90. The Morgan fingerprint density at radius 3 is 1.68 bits per heavy atom. The van der Waals surface area contributed by atoms with E-state index in [-0.39, 0.29) is 0 Å². The van der Waals surface area contributed by atoms with Gasteiger partial charge in [0.05, 0.1) is 27.8 Å². The van der Waals surface area contributed by atoms with Gasteiger partial charge in [0, 0.05) is 39.2 Å². The maximum absolute atomic E-state index is 5.13. The summed E-state index contributed by atoms with van der Waals surface area (Å²) in [5, 5.41) is 2.31. The third-order valence-corrected chi connectivity index (χ3v) is 9.39. The predicted molar refractivity (Wildman–Crippen MR) is 202 cm³/mol. The Bertz CT molecular complexity index is 2800. The van der Waals surface area contributed by atoms with Crippen LogP contribution in [0.25, 0.3) is 89.5 Å². The monoisotopic (exact) mass is 640 g/mol. The van der Waals surface area contributed by atoms with Crippen molar-refractivity contribution >= 4 is 38.5 Å². The van der Waals surface area contributed by atoms with Crippen molar-refractivity contribution in [3.63, 3.8) is 0 Å². The molecule has 4 aromatic heterocycles. The van der Waals surface area contributed by atoms with Crippen molar-refractivity contribution in [2.24, 2.45) is 0 Å². The Kier molecular flexibility index (Phi) is 6.39. The number of aromatic nitrogens is 6. The zero-order valence-corrected chi connectivity index (χ0v) is 26.8. The molecule has 0 saturated heterocycles. The van der Waals surface area contributed by atoms with Gasteiger partial charge in [-0.3, -0.25) is 4.40 Å². The summed E-state index contributed by atoms with van der Waals surface area (Å²) in [6.45, 7) is 0. The van der Waals surface area contributed by atoms with E-state index in [1.165, 1.54) is 0 Å². The first-order valence-electron chi connectivity index (χ1n) is 16.7. The smallest absolute Gasteiger partial charge is 0.164 e. The first-order valence-corrected chi connectivity index (χ1v) is 16.7. The lowest BCUT2D eigenvalue weighted by Crippen LogP contribution is -2.02. The number of benzene rings is 6. The van der Waals surface area contributed by atoms with Crippen molar-refractivity contribution in [2.75, 3.05) is 0 Å². The van der Waals surface area contributed by atoms with Crippen molar-refractivity contribution < 1.29 is 0 Å². The van der Waals surface area contributed by atoms with Gasteiger partial charge in [0.2, 0.25) is 0 Å². The van der Waals surface area contributed by atoms with Crippen LogP contribution >= 0.6 is 0 Å². The Hall–Kier alpha value is -6.92. The van der Waals surface area contributed by atoms with Gasteiger partial charge in [-0.15, -0.1) is 0 Å². The quantitative estimate of drug-likeness (QED) is 0.188. The van der Waals surface area contributed by atoms with Gasteiger partial charge in [0.1, 0.15) is 5.65 Å². The summed E-state index contributed by atoms with van der Waals surface area (Å²) in [5.41, 5.74) is 11.3. The third kappa shape index (κ3) is 4.50. The highest BCUT2D eigenvalue weighted by molar-refractivity contribution is 6.20. The van der Waals surface area contributed by atoms with Crippen LogP contribution in [0.4, 0.5) is 0 Å². The Labute approximate surface area is 287 Å². The number of pyridine rings is 1. The second-order valence-electron chi connectivity index (χ2n) is 12.4. The minimum Gasteiger partial charge on any atom is -0.309 e. The van der Waals surface area contributed by atoms with Gasteiger partial charge < -0.3 is 4.57 Å². The molecule has 6 aromatic carbocycles. The van der Waals surface area contributed by atoms with Crippen molar-refractivity contribution in [2.45, 2.75) is 0 Å². The molecule has 0 amide bonds. The molecule has 0 radical (unpaired) electrons. The lowest BCUT2D eigenvalue weighted by Gasteiger charge is -2.16.